The van der Waals surface area contributed by atoms with Gasteiger partial charge < -0.3 is 25.2 Å². The fraction of sp³-hybridized carbons (Fsp3) is 0.483. The van der Waals surface area contributed by atoms with Crippen LogP contribution >= 0.6 is 0 Å². The topological polar surface area (TPSA) is 148 Å². The third kappa shape index (κ3) is 6.19. The summed E-state index contributed by atoms with van der Waals surface area (Å²) in [6, 6.07) is 5.42. The highest BCUT2D eigenvalue weighted by Gasteiger charge is 2.52. The largest absolute Gasteiger partial charge is 0.501 e. The minimum atomic E-state index is -5.63. The molecule has 0 radical (unpaired) electrons. The maximum Gasteiger partial charge on any atom is 0.501 e. The molecule has 2 amide bonds. The van der Waals surface area contributed by atoms with E-state index in [2.05, 4.69) is 10.6 Å². The molecule has 0 heterocycles. The highest BCUT2D eigenvalue weighted by Crippen LogP contribution is 2.49. The van der Waals surface area contributed by atoms with Gasteiger partial charge in [0.15, 0.2) is 11.6 Å². The summed E-state index contributed by atoms with van der Waals surface area (Å²) in [7, 11) is -4.37. The van der Waals surface area contributed by atoms with E-state index in [9.17, 15) is 40.4 Å². The molecule has 3 aliphatic carbocycles. The van der Waals surface area contributed by atoms with Crippen LogP contribution in [0.2, 0.25) is 0 Å². The Morgan fingerprint density at radius 3 is 2.39 bits per heavy atom. The number of nitrogens with one attached hydrogen (secondary N) is 2. The smallest absolute Gasteiger partial charge is 0.496 e. The molecule has 2 bridgehead atoms. The Morgan fingerprint density at radius 2 is 1.73 bits per heavy atom. The zero-order valence-electron chi connectivity index (χ0n) is 23.4. The normalized spacial score (nSPS) is 26.0. The summed E-state index contributed by atoms with van der Waals surface area (Å²) < 4.78 is 88.5. The summed E-state index contributed by atoms with van der Waals surface area (Å²) in [5.74, 6) is -4.26. The Bertz CT molecular complexity index is 1580. The zero-order chi connectivity index (χ0) is 32.0. The lowest BCUT2D eigenvalue weighted by Gasteiger charge is -2.34. The number of hydrogen-bond donors (Lipinski definition) is 3. The molecule has 0 aromatic heterocycles. The molecule has 2 aromatic carbocycles. The number of benzene rings is 2. The average molecular weight is 643 g/mol. The van der Waals surface area contributed by atoms with Gasteiger partial charge >= 0.3 is 11.5 Å². The van der Waals surface area contributed by atoms with E-state index < -0.39 is 61.9 Å². The van der Waals surface area contributed by atoms with E-state index >= 15 is 0 Å². The first kappa shape index (κ1) is 31.5. The van der Waals surface area contributed by atoms with Crippen LogP contribution in [0.4, 0.5) is 23.2 Å². The number of halogens is 4. The van der Waals surface area contributed by atoms with Crippen molar-refractivity contribution >= 4 is 33.3 Å². The van der Waals surface area contributed by atoms with Crippen molar-refractivity contribution in [3.05, 3.63) is 47.8 Å². The molecule has 0 unspecified atom stereocenters. The van der Waals surface area contributed by atoms with Crippen LogP contribution < -0.4 is 20.1 Å². The molecular formula is C29H30F4N2O8S. The molecule has 4 atom stereocenters. The number of fused-ring (bicyclic) bond motifs is 2. The first-order valence-corrected chi connectivity index (χ1v) is 15.5. The molecule has 238 valence electrons. The monoisotopic (exact) mass is 642 g/mol. The van der Waals surface area contributed by atoms with Gasteiger partial charge in [-0.2, -0.15) is 13.2 Å². The van der Waals surface area contributed by atoms with E-state index in [0.717, 1.165) is 30.7 Å². The SMILES string of the molecule is COc1cc(F)c(OC2CC(CC(=O)O)C2)cc1C(=O)N[C@@H]1[C@@H]2CC[C@@H](C2)[C@@H]1C(=O)Nc1cccc(S(=O)(=O)C(F)(F)F)c1. The van der Waals surface area contributed by atoms with Crippen molar-refractivity contribution in [1.29, 1.82) is 0 Å². The maximum absolute atomic E-state index is 14.8. The molecule has 0 spiro atoms. The number of carbonyl (C=O) groups excluding carboxylic acids is 2. The first-order chi connectivity index (χ1) is 20.7. The fourth-order valence-corrected chi connectivity index (χ4v) is 7.35. The second-order valence-corrected chi connectivity index (χ2v) is 13.4. The molecule has 15 heteroatoms. The predicted octanol–water partition coefficient (Wildman–Crippen LogP) is 4.54. The van der Waals surface area contributed by atoms with Gasteiger partial charge in [-0.05, 0) is 74.1 Å². The van der Waals surface area contributed by atoms with Gasteiger partial charge in [-0.15, -0.1) is 0 Å². The van der Waals surface area contributed by atoms with Gasteiger partial charge in [0, 0.05) is 24.2 Å². The van der Waals surface area contributed by atoms with Gasteiger partial charge in [-0.1, -0.05) is 6.07 Å². The first-order valence-electron chi connectivity index (χ1n) is 14.0. The number of rotatable bonds is 10. The third-order valence-corrected chi connectivity index (χ3v) is 10.2. The number of carbonyl (C=O) groups is 3. The van der Waals surface area contributed by atoms with Crippen molar-refractivity contribution in [2.24, 2.45) is 23.7 Å². The lowest BCUT2D eigenvalue weighted by Crippen LogP contribution is -2.48. The Morgan fingerprint density at radius 1 is 1.02 bits per heavy atom. The van der Waals surface area contributed by atoms with Gasteiger partial charge in [0.25, 0.3) is 15.7 Å². The van der Waals surface area contributed by atoms with Crippen LogP contribution in [0.1, 0.15) is 48.9 Å². The van der Waals surface area contributed by atoms with Crippen LogP contribution in [-0.2, 0) is 19.4 Å². The highest BCUT2D eigenvalue weighted by molar-refractivity contribution is 7.92. The Hall–Kier alpha value is -3.88. The molecule has 10 nitrogen and oxygen atoms in total. The van der Waals surface area contributed by atoms with Crippen molar-refractivity contribution in [3.63, 3.8) is 0 Å². The zero-order valence-corrected chi connectivity index (χ0v) is 24.2. The number of sulfone groups is 1. The van der Waals surface area contributed by atoms with Crippen LogP contribution in [0.3, 0.4) is 0 Å². The highest BCUT2D eigenvalue weighted by atomic mass is 32.2. The number of carboxylic acids is 1. The van der Waals surface area contributed by atoms with E-state index in [4.69, 9.17) is 14.6 Å². The molecule has 0 aliphatic heterocycles. The number of anilines is 1. The summed E-state index contributed by atoms with van der Waals surface area (Å²) in [5.41, 5.74) is -5.70. The summed E-state index contributed by atoms with van der Waals surface area (Å²) in [4.78, 5) is 36.8. The quantitative estimate of drug-likeness (QED) is 0.320. The third-order valence-electron chi connectivity index (χ3n) is 8.68. The van der Waals surface area contributed by atoms with E-state index in [1.807, 2.05) is 0 Å². The fourth-order valence-electron chi connectivity index (χ4n) is 6.54. The number of ether oxygens (including phenoxy) is 2. The Balaban J connectivity index is 1.31. The number of amides is 2. The van der Waals surface area contributed by atoms with Crippen molar-refractivity contribution < 1.29 is 54.9 Å². The maximum atomic E-state index is 14.8. The number of hydrogen-bond acceptors (Lipinski definition) is 7. The van der Waals surface area contributed by atoms with Crippen LogP contribution in [0.15, 0.2) is 41.3 Å². The van der Waals surface area contributed by atoms with E-state index in [1.165, 1.54) is 19.2 Å². The van der Waals surface area contributed by atoms with E-state index in [-0.39, 0.29) is 46.9 Å². The van der Waals surface area contributed by atoms with Crippen molar-refractivity contribution in [3.8, 4) is 11.5 Å². The number of methoxy groups -OCH3 is 1. The molecule has 5 rings (SSSR count). The van der Waals surface area contributed by atoms with Crippen molar-refractivity contribution in [1.82, 2.24) is 5.32 Å². The lowest BCUT2D eigenvalue weighted by atomic mass is 9.80. The van der Waals surface area contributed by atoms with Gasteiger partial charge in [0.1, 0.15) is 5.75 Å². The van der Waals surface area contributed by atoms with Crippen molar-refractivity contribution in [2.75, 3.05) is 12.4 Å². The van der Waals surface area contributed by atoms with Gasteiger partial charge in [0.05, 0.1) is 29.6 Å². The Kier molecular flexibility index (Phi) is 8.53. The molecule has 2 aromatic rings. The Labute approximate surface area is 250 Å². The molecule has 0 saturated heterocycles. The van der Waals surface area contributed by atoms with Crippen LogP contribution in [-0.4, -0.2) is 56.1 Å². The van der Waals surface area contributed by atoms with Crippen LogP contribution in [0.25, 0.3) is 0 Å². The molecule has 44 heavy (non-hydrogen) atoms. The number of alkyl halides is 3. The van der Waals surface area contributed by atoms with Crippen molar-refractivity contribution in [2.45, 2.75) is 61.1 Å². The molecule has 3 aliphatic rings. The molecular weight excluding hydrogens is 612 g/mol. The van der Waals surface area contributed by atoms with Gasteiger partial charge in [0.2, 0.25) is 5.91 Å². The lowest BCUT2D eigenvalue weighted by molar-refractivity contribution is -0.139. The second-order valence-electron chi connectivity index (χ2n) is 11.5. The van der Waals surface area contributed by atoms with Crippen LogP contribution in [0, 0.1) is 29.5 Å². The predicted molar refractivity (Wildman–Crippen MR) is 146 cm³/mol. The number of aliphatic carboxylic acids is 1. The van der Waals surface area contributed by atoms with Gasteiger partial charge in [-0.25, -0.2) is 12.8 Å². The van der Waals surface area contributed by atoms with E-state index in [0.29, 0.717) is 25.7 Å². The van der Waals surface area contributed by atoms with Crippen LogP contribution in [0.5, 0.6) is 11.5 Å². The average Bonchev–Trinajstić information content (AvgIpc) is 3.53. The summed E-state index contributed by atoms with van der Waals surface area (Å²) in [6.07, 6.45) is 2.46. The summed E-state index contributed by atoms with van der Waals surface area (Å²) >= 11 is 0. The van der Waals surface area contributed by atoms with E-state index in [1.54, 1.807) is 0 Å². The molecule has 3 N–H and O–H groups in total. The molecule has 3 saturated carbocycles. The standard InChI is InChI=1S/C29H30F4N2O8S/c1-42-22-13-21(30)23(43-18-7-14(8-18)9-24(36)37)12-20(22)27(38)35-26-16-6-5-15(10-16)25(26)28(39)34-17-3-2-4-19(11-17)44(40,41)29(31,32)33/h2-4,11-16,18,25-26H,5-10H2,1H3,(H,34,39)(H,35,38)(H,36,37)/t14?,15-,16+,18?,25-,26+/m0/s1. The van der Waals surface area contributed by atoms with Gasteiger partial charge in [-0.3, -0.25) is 14.4 Å². The minimum Gasteiger partial charge on any atom is -0.496 e. The second kappa shape index (κ2) is 11.9. The number of carboxylic acid groups (broad SMARTS) is 1. The molecule has 3 fully saturated rings. The minimum absolute atomic E-state index is 0.0189. The summed E-state index contributed by atoms with van der Waals surface area (Å²) in [5, 5.41) is 14.3. The summed E-state index contributed by atoms with van der Waals surface area (Å²) in [6.45, 7) is 0.